The van der Waals surface area contributed by atoms with Crippen molar-refractivity contribution in [3.8, 4) is 0 Å². The Kier molecular flexibility index (Phi) is 5.08. The predicted molar refractivity (Wildman–Crippen MR) is 62.3 cm³/mol. The lowest BCUT2D eigenvalue weighted by atomic mass is 10.3. The minimum atomic E-state index is -0.701. The minimum absolute atomic E-state index is 0.129. The van der Waals surface area contributed by atoms with E-state index in [9.17, 15) is 15.2 Å². The second-order valence-electron chi connectivity index (χ2n) is 3.27. The Morgan fingerprint density at radius 2 is 2.47 bits per heavy atom. The summed E-state index contributed by atoms with van der Waals surface area (Å²) in [7, 11) is 1.47. The molecule has 1 atom stereocenters. The number of rotatable bonds is 6. The number of halogens is 1. The number of nitro groups is 1. The summed E-state index contributed by atoms with van der Waals surface area (Å²) in [5.74, 6) is 0.285. The zero-order valence-electron chi connectivity index (χ0n) is 9.09. The van der Waals surface area contributed by atoms with Gasteiger partial charge >= 0.3 is 0 Å². The molecule has 0 aliphatic rings. The summed E-state index contributed by atoms with van der Waals surface area (Å²) in [5, 5.41) is 22.7. The second kappa shape index (κ2) is 6.33. The normalized spacial score (nSPS) is 12.2. The van der Waals surface area contributed by atoms with Gasteiger partial charge in [0.1, 0.15) is 12.0 Å². The SMILES string of the molecule is COCC(O)CNc1ncc([N+](=O)[O-])cc1Cl. The van der Waals surface area contributed by atoms with Gasteiger partial charge in [0.05, 0.1) is 22.7 Å². The van der Waals surface area contributed by atoms with Crippen LogP contribution in [0.25, 0.3) is 0 Å². The molecule has 2 N–H and O–H groups in total. The predicted octanol–water partition coefficient (Wildman–Crippen LogP) is 1.06. The van der Waals surface area contributed by atoms with Crippen molar-refractivity contribution in [2.45, 2.75) is 6.10 Å². The van der Waals surface area contributed by atoms with Gasteiger partial charge in [-0.15, -0.1) is 0 Å². The van der Waals surface area contributed by atoms with Crippen LogP contribution in [0.1, 0.15) is 0 Å². The Labute approximate surface area is 103 Å². The molecule has 0 spiro atoms. The van der Waals surface area contributed by atoms with E-state index < -0.39 is 11.0 Å². The summed E-state index contributed by atoms with van der Waals surface area (Å²) in [5.41, 5.74) is -0.182. The molecule has 7 nitrogen and oxygen atoms in total. The zero-order chi connectivity index (χ0) is 12.8. The highest BCUT2D eigenvalue weighted by molar-refractivity contribution is 6.33. The average Bonchev–Trinajstić information content (AvgIpc) is 2.27. The van der Waals surface area contributed by atoms with Crippen LogP contribution in [0.2, 0.25) is 5.02 Å². The van der Waals surface area contributed by atoms with Crippen LogP contribution in [0.3, 0.4) is 0 Å². The van der Waals surface area contributed by atoms with Crippen molar-refractivity contribution in [2.75, 3.05) is 25.6 Å². The molecule has 0 fully saturated rings. The Bertz CT molecular complexity index is 402. The maximum Gasteiger partial charge on any atom is 0.289 e. The molecular weight excluding hydrogens is 250 g/mol. The number of nitrogens with zero attached hydrogens (tertiary/aromatic N) is 2. The smallest absolute Gasteiger partial charge is 0.289 e. The topological polar surface area (TPSA) is 97.5 Å². The van der Waals surface area contributed by atoms with Crippen molar-refractivity contribution in [1.29, 1.82) is 0 Å². The number of hydrogen-bond acceptors (Lipinski definition) is 6. The largest absolute Gasteiger partial charge is 0.389 e. The molecule has 0 aliphatic heterocycles. The molecule has 0 bridgehead atoms. The number of aliphatic hydroxyl groups is 1. The van der Waals surface area contributed by atoms with Gasteiger partial charge in [-0.05, 0) is 0 Å². The maximum atomic E-state index is 10.4. The minimum Gasteiger partial charge on any atom is -0.389 e. The summed E-state index contributed by atoms with van der Waals surface area (Å²) in [6.07, 6.45) is 0.393. The van der Waals surface area contributed by atoms with Gasteiger partial charge in [-0.3, -0.25) is 10.1 Å². The van der Waals surface area contributed by atoms with Gasteiger partial charge < -0.3 is 15.2 Å². The van der Waals surface area contributed by atoms with E-state index >= 15 is 0 Å². The van der Waals surface area contributed by atoms with E-state index in [0.29, 0.717) is 0 Å². The van der Waals surface area contributed by atoms with Gasteiger partial charge in [-0.1, -0.05) is 11.6 Å². The Morgan fingerprint density at radius 1 is 1.76 bits per heavy atom. The summed E-state index contributed by atoms with van der Waals surface area (Å²) in [4.78, 5) is 13.7. The van der Waals surface area contributed by atoms with Gasteiger partial charge in [0, 0.05) is 19.7 Å². The molecule has 8 heteroatoms. The fourth-order valence-electron chi connectivity index (χ4n) is 1.12. The first-order valence-electron chi connectivity index (χ1n) is 4.75. The zero-order valence-corrected chi connectivity index (χ0v) is 9.85. The molecule has 94 valence electrons. The highest BCUT2D eigenvalue weighted by Crippen LogP contribution is 2.23. The number of pyridine rings is 1. The number of ether oxygens (including phenoxy) is 1. The highest BCUT2D eigenvalue weighted by atomic mass is 35.5. The Hall–Kier alpha value is -1.44. The van der Waals surface area contributed by atoms with Crippen molar-refractivity contribution in [1.82, 2.24) is 4.98 Å². The number of aliphatic hydroxyl groups excluding tert-OH is 1. The quantitative estimate of drug-likeness (QED) is 0.587. The van der Waals surface area contributed by atoms with Crippen LogP contribution in [0, 0.1) is 10.1 Å². The molecule has 0 amide bonds. The first kappa shape index (κ1) is 13.6. The van der Waals surface area contributed by atoms with E-state index in [4.69, 9.17) is 16.3 Å². The van der Waals surface area contributed by atoms with Crippen LogP contribution in [0.15, 0.2) is 12.3 Å². The van der Waals surface area contributed by atoms with E-state index in [0.717, 1.165) is 6.20 Å². The monoisotopic (exact) mass is 261 g/mol. The molecule has 1 rings (SSSR count). The number of anilines is 1. The lowest BCUT2D eigenvalue weighted by molar-refractivity contribution is -0.385. The van der Waals surface area contributed by atoms with Gasteiger partial charge in [0.25, 0.3) is 5.69 Å². The first-order chi connectivity index (χ1) is 8.04. The summed E-state index contributed by atoms with van der Waals surface area (Å²) in [6, 6.07) is 1.19. The van der Waals surface area contributed by atoms with E-state index in [2.05, 4.69) is 10.3 Å². The van der Waals surface area contributed by atoms with E-state index in [1.807, 2.05) is 0 Å². The average molecular weight is 262 g/mol. The third-order valence-electron chi connectivity index (χ3n) is 1.90. The second-order valence-corrected chi connectivity index (χ2v) is 3.68. The van der Waals surface area contributed by atoms with Crippen LogP contribution < -0.4 is 5.32 Å². The lowest BCUT2D eigenvalue weighted by Gasteiger charge is -2.11. The van der Waals surface area contributed by atoms with Gasteiger partial charge in [0.15, 0.2) is 0 Å². The molecule has 0 aromatic carbocycles. The summed E-state index contributed by atoms with van der Waals surface area (Å²) in [6.45, 7) is 0.371. The standard InChI is InChI=1S/C9H12ClN3O4/c1-17-5-7(14)4-12-9-8(10)2-6(3-11-9)13(15)16/h2-3,7,14H,4-5H2,1H3,(H,11,12). The molecule has 0 radical (unpaired) electrons. The molecular formula is C9H12ClN3O4. The van der Waals surface area contributed by atoms with Crippen molar-refractivity contribution < 1.29 is 14.8 Å². The molecule has 0 aliphatic carbocycles. The molecule has 1 aromatic rings. The van der Waals surface area contributed by atoms with Gasteiger partial charge in [-0.2, -0.15) is 0 Å². The van der Waals surface area contributed by atoms with Crippen molar-refractivity contribution >= 4 is 23.1 Å². The number of hydrogen-bond donors (Lipinski definition) is 2. The Balaban J connectivity index is 2.63. The molecule has 1 aromatic heterocycles. The van der Waals surface area contributed by atoms with Crippen LogP contribution in [-0.4, -0.2) is 41.4 Å². The number of aromatic nitrogens is 1. The third kappa shape index (κ3) is 4.14. The fourth-order valence-corrected chi connectivity index (χ4v) is 1.35. The van der Waals surface area contributed by atoms with E-state index in [1.54, 1.807) is 0 Å². The van der Waals surface area contributed by atoms with Crippen molar-refractivity contribution in [3.63, 3.8) is 0 Å². The van der Waals surface area contributed by atoms with E-state index in [1.165, 1.54) is 13.2 Å². The highest BCUT2D eigenvalue weighted by Gasteiger charge is 2.11. The maximum absolute atomic E-state index is 10.4. The fraction of sp³-hybridized carbons (Fsp3) is 0.444. The number of nitrogens with one attached hydrogen (secondary N) is 1. The van der Waals surface area contributed by atoms with Crippen LogP contribution in [0.5, 0.6) is 0 Å². The van der Waals surface area contributed by atoms with Crippen LogP contribution >= 0.6 is 11.6 Å². The van der Waals surface area contributed by atoms with Crippen molar-refractivity contribution in [2.24, 2.45) is 0 Å². The first-order valence-corrected chi connectivity index (χ1v) is 5.13. The summed E-state index contributed by atoms with van der Waals surface area (Å²) >= 11 is 5.79. The Morgan fingerprint density at radius 3 is 3.00 bits per heavy atom. The number of methoxy groups -OCH3 is 1. The van der Waals surface area contributed by atoms with Gasteiger partial charge in [-0.25, -0.2) is 4.98 Å². The van der Waals surface area contributed by atoms with Crippen LogP contribution in [0.4, 0.5) is 11.5 Å². The molecule has 0 saturated carbocycles. The molecule has 17 heavy (non-hydrogen) atoms. The lowest BCUT2D eigenvalue weighted by Crippen LogP contribution is -2.24. The molecule has 1 unspecified atom stereocenters. The van der Waals surface area contributed by atoms with Crippen LogP contribution in [-0.2, 0) is 4.74 Å². The summed E-state index contributed by atoms with van der Waals surface area (Å²) < 4.78 is 4.74. The third-order valence-corrected chi connectivity index (χ3v) is 2.19. The molecule has 0 saturated heterocycles. The van der Waals surface area contributed by atoms with Crippen molar-refractivity contribution in [3.05, 3.63) is 27.4 Å². The van der Waals surface area contributed by atoms with Gasteiger partial charge in [0.2, 0.25) is 0 Å². The molecule has 1 heterocycles. The van der Waals surface area contributed by atoms with E-state index in [-0.39, 0.29) is 29.7 Å².